The van der Waals surface area contributed by atoms with Crippen LogP contribution in [0.4, 0.5) is 17.1 Å². The highest BCUT2D eigenvalue weighted by Gasteiger charge is 2.46. The molecule has 1 aliphatic carbocycles. The van der Waals surface area contributed by atoms with E-state index in [-0.39, 0.29) is 0 Å². The molecule has 0 unspecified atom stereocenters. The third-order valence-corrected chi connectivity index (χ3v) is 15.2. The van der Waals surface area contributed by atoms with Gasteiger partial charge >= 0.3 is 0 Å². The number of hydrogen-bond donors (Lipinski definition) is 0. The van der Waals surface area contributed by atoms with Crippen molar-refractivity contribution in [1.82, 2.24) is 0 Å². The monoisotopic (exact) mass is 929 g/mol. The molecule has 12 aromatic carbocycles. The predicted molar refractivity (Wildman–Crippen MR) is 305 cm³/mol. The van der Waals surface area contributed by atoms with Gasteiger partial charge in [0.25, 0.3) is 0 Å². The first-order valence-electron chi connectivity index (χ1n) is 25.2. The second-order valence-electron chi connectivity index (χ2n) is 19.1. The maximum absolute atomic E-state index is 6.34. The molecule has 0 N–H and O–H groups in total. The van der Waals surface area contributed by atoms with Crippen molar-refractivity contribution in [2.75, 3.05) is 4.90 Å². The van der Waals surface area contributed by atoms with Crippen molar-refractivity contribution < 1.29 is 4.42 Å². The molecule has 0 atom stereocenters. The Morgan fingerprint density at radius 3 is 1.55 bits per heavy atom. The lowest BCUT2D eigenvalue weighted by Gasteiger charge is -2.34. The highest BCUT2D eigenvalue weighted by atomic mass is 16.3. The lowest BCUT2D eigenvalue weighted by atomic mass is 9.67. The van der Waals surface area contributed by atoms with Gasteiger partial charge in [0.05, 0.1) is 16.8 Å². The van der Waals surface area contributed by atoms with Crippen molar-refractivity contribution in [3.05, 3.63) is 307 Å². The van der Waals surface area contributed by atoms with Gasteiger partial charge in [0, 0.05) is 27.6 Å². The highest BCUT2D eigenvalue weighted by molar-refractivity contribution is 6.10. The standard InChI is InChI=1S/C71H47NO/c1-4-21-48(22-5-1)56-33-18-23-50-24-19-35-60(69(50)56)58-30-12-16-39-66(58)72(65-38-15-11-29-55(65)51-43-46-68-62(47-51)59-31-13-17-40-67(59)73-68)54-44-41-49(42-45-54)57-34-20-37-64-70(57)61-32-10-14-36-63(61)71(64,52-25-6-2-7-26-52)53-27-8-3-9-28-53/h1-47H. The quantitative estimate of drug-likeness (QED) is 0.143. The fourth-order valence-electron chi connectivity index (χ4n) is 12.1. The van der Waals surface area contributed by atoms with Gasteiger partial charge in [-0.05, 0) is 120 Å². The van der Waals surface area contributed by atoms with E-state index in [1.165, 1.54) is 66.4 Å². The van der Waals surface area contributed by atoms with Gasteiger partial charge in [-0.15, -0.1) is 0 Å². The fraction of sp³-hybridized carbons (Fsp3) is 0.0141. The van der Waals surface area contributed by atoms with Crippen LogP contribution in [0, 0.1) is 0 Å². The van der Waals surface area contributed by atoms with E-state index in [2.05, 4.69) is 278 Å². The molecule has 14 rings (SSSR count). The number of fused-ring (bicyclic) bond motifs is 7. The molecule has 13 aromatic rings. The normalized spacial score (nSPS) is 12.5. The molecule has 1 heterocycles. The molecule has 342 valence electrons. The number of benzene rings is 12. The first-order chi connectivity index (χ1) is 36.2. The van der Waals surface area contributed by atoms with E-state index in [0.717, 1.165) is 61.3 Å². The van der Waals surface area contributed by atoms with Crippen molar-refractivity contribution in [2.45, 2.75) is 5.41 Å². The average Bonchev–Trinajstić information content (AvgIpc) is 4.00. The Labute approximate surface area is 425 Å². The Morgan fingerprint density at radius 2 is 0.808 bits per heavy atom. The number of rotatable bonds is 9. The molecule has 0 bridgehead atoms. The van der Waals surface area contributed by atoms with E-state index < -0.39 is 5.41 Å². The van der Waals surface area contributed by atoms with Gasteiger partial charge in [-0.25, -0.2) is 0 Å². The van der Waals surface area contributed by atoms with Crippen molar-refractivity contribution >= 4 is 49.8 Å². The lowest BCUT2D eigenvalue weighted by molar-refractivity contribution is 0.669. The Balaban J connectivity index is 0.979. The SMILES string of the molecule is c1ccc(-c2cccc3cccc(-c4ccccc4N(c4ccc(-c5cccc6c5-c5ccccc5C6(c5ccccc5)c5ccccc5)cc4)c4ccccc4-c4ccc5oc6ccccc6c5c4)c23)cc1. The lowest BCUT2D eigenvalue weighted by Crippen LogP contribution is -2.28. The minimum Gasteiger partial charge on any atom is -0.456 e. The molecule has 0 aliphatic heterocycles. The van der Waals surface area contributed by atoms with Crippen molar-refractivity contribution in [3.63, 3.8) is 0 Å². The van der Waals surface area contributed by atoms with Crippen molar-refractivity contribution in [3.8, 4) is 55.6 Å². The summed E-state index contributed by atoms with van der Waals surface area (Å²) in [4.78, 5) is 2.47. The van der Waals surface area contributed by atoms with Gasteiger partial charge < -0.3 is 9.32 Å². The Morgan fingerprint density at radius 1 is 0.301 bits per heavy atom. The molecule has 0 fully saturated rings. The molecule has 73 heavy (non-hydrogen) atoms. The van der Waals surface area contributed by atoms with E-state index in [9.17, 15) is 0 Å². The number of furan rings is 1. The van der Waals surface area contributed by atoms with Gasteiger partial charge in [0.1, 0.15) is 11.2 Å². The largest absolute Gasteiger partial charge is 0.456 e. The molecule has 2 heteroatoms. The first-order valence-corrected chi connectivity index (χ1v) is 25.2. The van der Waals surface area contributed by atoms with Crippen LogP contribution in [-0.2, 0) is 5.41 Å². The molecule has 0 spiro atoms. The summed E-state index contributed by atoms with van der Waals surface area (Å²) in [6, 6.07) is 104. The van der Waals surface area contributed by atoms with Crippen LogP contribution in [0.3, 0.4) is 0 Å². The molecule has 0 radical (unpaired) electrons. The minimum atomic E-state index is -0.484. The van der Waals surface area contributed by atoms with Crippen LogP contribution in [0.2, 0.25) is 0 Å². The fourth-order valence-corrected chi connectivity index (χ4v) is 12.1. The second-order valence-corrected chi connectivity index (χ2v) is 19.1. The van der Waals surface area contributed by atoms with Gasteiger partial charge in [0.15, 0.2) is 0 Å². The molecule has 2 nitrogen and oxygen atoms in total. The molecule has 0 saturated carbocycles. The van der Waals surface area contributed by atoms with Crippen LogP contribution in [0.5, 0.6) is 0 Å². The topological polar surface area (TPSA) is 16.4 Å². The summed E-state index contributed by atoms with van der Waals surface area (Å²) in [6.45, 7) is 0. The minimum absolute atomic E-state index is 0.484. The number of hydrogen-bond acceptors (Lipinski definition) is 2. The summed E-state index contributed by atoms with van der Waals surface area (Å²) in [5.74, 6) is 0. The highest BCUT2D eigenvalue weighted by Crippen LogP contribution is 2.58. The zero-order valence-corrected chi connectivity index (χ0v) is 40.0. The molecule has 1 aromatic heterocycles. The first kappa shape index (κ1) is 42.4. The van der Waals surface area contributed by atoms with E-state index in [1.807, 2.05) is 12.1 Å². The Hall–Kier alpha value is -9.50. The maximum Gasteiger partial charge on any atom is 0.135 e. The van der Waals surface area contributed by atoms with Crippen LogP contribution in [0.25, 0.3) is 88.3 Å². The van der Waals surface area contributed by atoms with E-state index in [0.29, 0.717) is 0 Å². The van der Waals surface area contributed by atoms with Crippen molar-refractivity contribution in [1.29, 1.82) is 0 Å². The number of para-hydroxylation sites is 3. The Bertz CT molecular complexity index is 4150. The number of nitrogens with zero attached hydrogens (tertiary/aromatic N) is 1. The van der Waals surface area contributed by atoms with Gasteiger partial charge in [0.2, 0.25) is 0 Å². The average molecular weight is 930 g/mol. The molecule has 0 saturated heterocycles. The molecule has 1 aliphatic rings. The second kappa shape index (κ2) is 17.4. The van der Waals surface area contributed by atoms with Gasteiger partial charge in [-0.2, -0.15) is 0 Å². The van der Waals surface area contributed by atoms with E-state index in [1.54, 1.807) is 0 Å². The zero-order chi connectivity index (χ0) is 48.3. The maximum atomic E-state index is 6.34. The van der Waals surface area contributed by atoms with Crippen LogP contribution < -0.4 is 4.90 Å². The van der Waals surface area contributed by atoms with Crippen LogP contribution in [0.1, 0.15) is 22.3 Å². The van der Waals surface area contributed by atoms with Gasteiger partial charge in [-0.1, -0.05) is 243 Å². The van der Waals surface area contributed by atoms with Crippen LogP contribution in [-0.4, -0.2) is 0 Å². The summed E-state index contributed by atoms with van der Waals surface area (Å²) in [5.41, 5.74) is 21.5. The smallest absolute Gasteiger partial charge is 0.135 e. The zero-order valence-electron chi connectivity index (χ0n) is 40.0. The number of anilines is 3. The summed E-state index contributed by atoms with van der Waals surface area (Å²) >= 11 is 0. The van der Waals surface area contributed by atoms with E-state index in [4.69, 9.17) is 4.42 Å². The Kier molecular flexibility index (Phi) is 10.1. The summed E-state index contributed by atoms with van der Waals surface area (Å²) in [6.07, 6.45) is 0. The summed E-state index contributed by atoms with van der Waals surface area (Å²) in [7, 11) is 0. The predicted octanol–water partition coefficient (Wildman–Crippen LogP) is 19.2. The summed E-state index contributed by atoms with van der Waals surface area (Å²) < 4.78 is 6.34. The molecular formula is C71H47NO. The van der Waals surface area contributed by atoms with Crippen LogP contribution >= 0.6 is 0 Å². The van der Waals surface area contributed by atoms with E-state index >= 15 is 0 Å². The summed E-state index contributed by atoms with van der Waals surface area (Å²) in [5, 5.41) is 4.64. The third kappa shape index (κ3) is 6.79. The molecular weight excluding hydrogens is 883 g/mol. The van der Waals surface area contributed by atoms with Gasteiger partial charge in [-0.3, -0.25) is 0 Å². The molecule has 0 amide bonds. The van der Waals surface area contributed by atoms with Crippen molar-refractivity contribution in [2.24, 2.45) is 0 Å². The third-order valence-electron chi connectivity index (χ3n) is 15.2. The van der Waals surface area contributed by atoms with Crippen LogP contribution in [0.15, 0.2) is 290 Å².